The topological polar surface area (TPSA) is 63.7 Å². The van der Waals surface area contributed by atoms with E-state index in [-0.39, 0.29) is 23.4 Å². The van der Waals surface area contributed by atoms with E-state index in [9.17, 15) is 13.2 Å². The molecule has 0 aliphatic rings. The Labute approximate surface area is 171 Å². The number of alkyl halides is 1. The van der Waals surface area contributed by atoms with E-state index in [4.69, 9.17) is 0 Å². The van der Waals surface area contributed by atoms with Gasteiger partial charge in [-0.2, -0.15) is 4.31 Å². The molecule has 0 heterocycles. The summed E-state index contributed by atoms with van der Waals surface area (Å²) in [7, 11) is -2.37. The number of carbonyl (C=O) groups is 1. The first-order valence-electron chi connectivity index (χ1n) is 8.78. The van der Waals surface area contributed by atoms with Crippen LogP contribution in [0.25, 0.3) is 0 Å². The van der Waals surface area contributed by atoms with Gasteiger partial charge in [-0.05, 0) is 31.4 Å². The van der Waals surface area contributed by atoms with Gasteiger partial charge in [-0.15, -0.1) is 0 Å². The monoisotopic (exact) mass is 457 g/mol. The second-order valence-corrected chi connectivity index (χ2v) is 9.02. The van der Waals surface area contributed by atoms with Crippen LogP contribution in [0.1, 0.15) is 25.8 Å². The first-order valence-corrected chi connectivity index (χ1v) is 11.3. The molecule has 0 bridgehead atoms. The molecule has 0 fully saturated rings. The van der Waals surface area contributed by atoms with Gasteiger partial charge in [0.1, 0.15) is 0 Å². The lowest BCUT2D eigenvalue weighted by Gasteiger charge is -2.32. The molecule has 7 heteroatoms. The molecule has 0 N–H and O–H groups in total. The van der Waals surface area contributed by atoms with Crippen molar-refractivity contribution in [3.8, 4) is 0 Å². The van der Waals surface area contributed by atoms with Crippen molar-refractivity contribution in [2.75, 3.05) is 19.0 Å². The van der Waals surface area contributed by atoms with Crippen LogP contribution < -0.4 is 0 Å². The molecule has 0 saturated carbocycles. The highest BCUT2D eigenvalue weighted by molar-refractivity contribution is 9.09. The lowest BCUT2D eigenvalue weighted by molar-refractivity contribution is -0.134. The summed E-state index contributed by atoms with van der Waals surface area (Å²) in [6.45, 7) is 6.13. The summed E-state index contributed by atoms with van der Waals surface area (Å²) in [5, 5.41) is 0.653. The second kappa shape index (κ2) is 11.4. The number of carbonyl (C=O) groups excluding carboxylic acids is 1. The molecule has 0 radical (unpaired) electrons. The minimum atomic E-state index is -3.68. The number of hydrogen-bond donors (Lipinski definition) is 0. The van der Waals surface area contributed by atoms with Crippen LogP contribution >= 0.6 is 15.9 Å². The molecule has 5 nitrogen and oxygen atoms in total. The molecular formula is C20H28BrNO4S. The zero-order chi connectivity index (χ0) is 20.4. The lowest BCUT2D eigenvalue weighted by atomic mass is 10.0. The van der Waals surface area contributed by atoms with E-state index in [0.717, 1.165) is 5.56 Å². The maximum absolute atomic E-state index is 13.3. The van der Waals surface area contributed by atoms with E-state index in [2.05, 4.69) is 20.7 Å². The zero-order valence-electron chi connectivity index (χ0n) is 16.3. The summed E-state index contributed by atoms with van der Waals surface area (Å²) >= 11 is 3.32. The zero-order valence-corrected chi connectivity index (χ0v) is 18.7. The Bertz CT molecular complexity index is 755. The fourth-order valence-electron chi connectivity index (χ4n) is 2.59. The van der Waals surface area contributed by atoms with Gasteiger partial charge < -0.3 is 4.74 Å². The lowest BCUT2D eigenvalue weighted by Crippen LogP contribution is -2.43. The van der Waals surface area contributed by atoms with Crippen molar-refractivity contribution in [1.82, 2.24) is 4.31 Å². The minimum absolute atomic E-state index is 0.0601. The summed E-state index contributed by atoms with van der Waals surface area (Å²) in [6, 6.07) is 6.56. The van der Waals surface area contributed by atoms with Crippen LogP contribution in [0.15, 0.2) is 53.5 Å². The van der Waals surface area contributed by atoms with Gasteiger partial charge in [0.15, 0.2) is 0 Å². The Morgan fingerprint density at radius 1 is 1.19 bits per heavy atom. The van der Waals surface area contributed by atoms with Crippen LogP contribution in [0.2, 0.25) is 0 Å². The molecule has 0 saturated heterocycles. The number of hydrogen-bond acceptors (Lipinski definition) is 4. The third-order valence-corrected chi connectivity index (χ3v) is 6.42. The van der Waals surface area contributed by atoms with Crippen LogP contribution in [0.3, 0.4) is 0 Å². The molecule has 150 valence electrons. The SMILES string of the molecule is COC(=O)/C=C/C[C@H](C(C)C)N(C/C=C/CBr)S(=O)(=O)c1ccc(C)cc1. The predicted octanol–water partition coefficient (Wildman–Crippen LogP) is 4.08. The van der Waals surface area contributed by atoms with Crippen LogP contribution in [0.5, 0.6) is 0 Å². The molecule has 1 rings (SSSR count). The molecule has 1 aromatic carbocycles. The fraction of sp³-hybridized carbons (Fsp3) is 0.450. The number of benzene rings is 1. The molecule has 0 unspecified atom stereocenters. The molecule has 0 aliphatic carbocycles. The normalized spacial score (nSPS) is 13.7. The molecule has 1 aromatic rings. The molecule has 27 heavy (non-hydrogen) atoms. The first kappa shape index (κ1) is 23.6. The van der Waals surface area contributed by atoms with Crippen molar-refractivity contribution in [2.45, 2.75) is 38.1 Å². The standard InChI is InChI=1S/C20H28BrNO4S/c1-16(2)19(8-7-9-20(23)26-4)22(15-6-5-14-21)27(24,25)18-12-10-17(3)11-13-18/h5-7,9-13,16,19H,8,14-15H2,1-4H3/b6-5+,9-7+/t19-/m1/s1. The average Bonchev–Trinajstić information content (AvgIpc) is 2.63. The maximum Gasteiger partial charge on any atom is 0.330 e. The summed E-state index contributed by atoms with van der Waals surface area (Å²) in [5.74, 6) is -0.394. The molecule has 1 atom stereocenters. The maximum atomic E-state index is 13.3. The van der Waals surface area contributed by atoms with Crippen molar-refractivity contribution in [2.24, 2.45) is 5.92 Å². The summed E-state index contributed by atoms with van der Waals surface area (Å²) in [5.41, 5.74) is 1.00. The molecular weight excluding hydrogens is 430 g/mol. The number of allylic oxidation sites excluding steroid dienone is 1. The van der Waals surface area contributed by atoms with E-state index in [1.54, 1.807) is 30.3 Å². The van der Waals surface area contributed by atoms with Crippen LogP contribution in [0.4, 0.5) is 0 Å². The predicted molar refractivity (Wildman–Crippen MR) is 112 cm³/mol. The number of ether oxygens (including phenoxy) is 1. The van der Waals surface area contributed by atoms with Crippen LogP contribution in [-0.2, 0) is 19.6 Å². The Morgan fingerprint density at radius 2 is 1.81 bits per heavy atom. The number of halogens is 1. The number of sulfonamides is 1. The summed E-state index contributed by atoms with van der Waals surface area (Å²) < 4.78 is 32.7. The van der Waals surface area contributed by atoms with Gasteiger partial charge in [0, 0.05) is 24.0 Å². The summed E-state index contributed by atoms with van der Waals surface area (Å²) in [4.78, 5) is 11.6. The number of aryl methyl sites for hydroxylation is 1. The van der Waals surface area contributed by atoms with Gasteiger partial charge >= 0.3 is 5.97 Å². The van der Waals surface area contributed by atoms with Crippen molar-refractivity contribution < 1.29 is 17.9 Å². The van der Waals surface area contributed by atoms with Gasteiger partial charge in [0.05, 0.1) is 12.0 Å². The van der Waals surface area contributed by atoms with Gasteiger partial charge in [-0.1, -0.05) is 65.7 Å². The largest absolute Gasteiger partial charge is 0.466 e. The molecule has 0 spiro atoms. The van der Waals surface area contributed by atoms with Crippen molar-refractivity contribution in [3.63, 3.8) is 0 Å². The van der Waals surface area contributed by atoms with Crippen molar-refractivity contribution in [1.29, 1.82) is 0 Å². The van der Waals surface area contributed by atoms with Crippen molar-refractivity contribution >= 4 is 31.9 Å². The first-order chi connectivity index (χ1) is 12.7. The quantitative estimate of drug-likeness (QED) is 0.229. The third-order valence-electron chi connectivity index (χ3n) is 4.14. The second-order valence-electron chi connectivity index (χ2n) is 6.49. The Balaban J connectivity index is 3.25. The molecule has 0 aromatic heterocycles. The minimum Gasteiger partial charge on any atom is -0.466 e. The van der Waals surface area contributed by atoms with Crippen molar-refractivity contribution in [3.05, 3.63) is 54.1 Å². The summed E-state index contributed by atoms with van der Waals surface area (Å²) in [6.07, 6.45) is 7.13. The highest BCUT2D eigenvalue weighted by Gasteiger charge is 2.31. The van der Waals surface area contributed by atoms with E-state index >= 15 is 0 Å². The number of esters is 1. The number of rotatable bonds is 10. The third kappa shape index (κ3) is 7.24. The molecule has 0 amide bonds. The van der Waals surface area contributed by atoms with Gasteiger partial charge in [-0.3, -0.25) is 0 Å². The Morgan fingerprint density at radius 3 is 2.33 bits per heavy atom. The van der Waals surface area contributed by atoms with Crippen LogP contribution in [-0.4, -0.2) is 43.7 Å². The van der Waals surface area contributed by atoms with Gasteiger partial charge in [0.25, 0.3) is 0 Å². The van der Waals surface area contributed by atoms with E-state index in [1.165, 1.54) is 17.5 Å². The molecule has 0 aliphatic heterocycles. The fourth-order valence-corrected chi connectivity index (χ4v) is 4.58. The highest BCUT2D eigenvalue weighted by atomic mass is 79.9. The number of methoxy groups -OCH3 is 1. The smallest absolute Gasteiger partial charge is 0.330 e. The Hall–Kier alpha value is -1.44. The van der Waals surface area contributed by atoms with Crippen LogP contribution in [0, 0.1) is 12.8 Å². The van der Waals surface area contributed by atoms with E-state index < -0.39 is 16.0 Å². The van der Waals surface area contributed by atoms with Gasteiger partial charge in [-0.25, -0.2) is 13.2 Å². The average molecular weight is 458 g/mol. The highest BCUT2D eigenvalue weighted by Crippen LogP contribution is 2.25. The van der Waals surface area contributed by atoms with E-state index in [1.807, 2.05) is 32.9 Å². The van der Waals surface area contributed by atoms with E-state index in [0.29, 0.717) is 11.8 Å². The Kier molecular flexibility index (Phi) is 9.98. The number of nitrogens with zero attached hydrogens (tertiary/aromatic N) is 1. The van der Waals surface area contributed by atoms with Gasteiger partial charge in [0.2, 0.25) is 10.0 Å².